The Bertz CT molecular complexity index is 1000. The molecule has 2 aromatic carbocycles. The second kappa shape index (κ2) is 7.96. The normalized spacial score (nSPS) is 11.6. The van der Waals surface area contributed by atoms with E-state index in [0.29, 0.717) is 21.9 Å². The van der Waals surface area contributed by atoms with Crippen molar-refractivity contribution in [3.63, 3.8) is 0 Å². The van der Waals surface area contributed by atoms with Crippen LogP contribution in [0.5, 0.6) is 0 Å². The number of hydrogen-bond acceptors (Lipinski definition) is 5. The molecule has 1 atom stereocenters. The van der Waals surface area contributed by atoms with Crippen LogP contribution in [0.3, 0.4) is 0 Å². The Labute approximate surface area is 159 Å². The van der Waals surface area contributed by atoms with Gasteiger partial charge in [-0.25, -0.2) is 4.98 Å². The number of nitrogens with zero attached hydrogens (tertiary/aromatic N) is 1. The average molecular weight is 382 g/mol. The van der Waals surface area contributed by atoms with Crippen LogP contribution in [-0.2, 0) is 9.59 Å². The number of carbonyl (C=O) groups excluding carboxylic acids is 3. The van der Waals surface area contributed by atoms with E-state index in [9.17, 15) is 14.4 Å². The lowest BCUT2D eigenvalue weighted by molar-refractivity contribution is -0.117. The van der Waals surface area contributed by atoms with Crippen LogP contribution in [0, 0.1) is 0 Å². The summed E-state index contributed by atoms with van der Waals surface area (Å²) in [6, 6.07) is 13.3. The number of fused-ring (bicyclic) bond motifs is 1. The van der Waals surface area contributed by atoms with Gasteiger partial charge in [0.15, 0.2) is 5.13 Å². The molecule has 0 saturated heterocycles. The molecule has 1 heterocycles. The van der Waals surface area contributed by atoms with E-state index in [-0.39, 0.29) is 17.7 Å². The first-order chi connectivity index (χ1) is 12.9. The number of nitrogens with one attached hydrogen (secondary N) is 3. The third-order valence-electron chi connectivity index (χ3n) is 3.72. The number of benzene rings is 2. The number of anilines is 2. The fourth-order valence-electron chi connectivity index (χ4n) is 2.41. The van der Waals surface area contributed by atoms with E-state index in [2.05, 4.69) is 20.9 Å². The van der Waals surface area contributed by atoms with E-state index in [1.54, 1.807) is 49.4 Å². The van der Waals surface area contributed by atoms with E-state index >= 15 is 0 Å². The molecule has 0 bridgehead atoms. The third kappa shape index (κ3) is 4.68. The molecule has 0 fully saturated rings. The molecule has 0 spiro atoms. The summed E-state index contributed by atoms with van der Waals surface area (Å²) < 4.78 is 0.831. The summed E-state index contributed by atoms with van der Waals surface area (Å²) in [5.41, 5.74) is 1.87. The van der Waals surface area contributed by atoms with Crippen molar-refractivity contribution in [2.45, 2.75) is 19.9 Å². The lowest BCUT2D eigenvalue weighted by atomic mass is 10.2. The summed E-state index contributed by atoms with van der Waals surface area (Å²) in [6.45, 7) is 3.05. The van der Waals surface area contributed by atoms with Crippen LogP contribution in [0.4, 0.5) is 10.8 Å². The maximum atomic E-state index is 12.4. The summed E-state index contributed by atoms with van der Waals surface area (Å²) in [4.78, 5) is 40.0. The summed E-state index contributed by atoms with van der Waals surface area (Å²) in [5, 5.41) is 8.51. The number of aromatic nitrogens is 1. The summed E-state index contributed by atoms with van der Waals surface area (Å²) >= 11 is 1.29. The van der Waals surface area contributed by atoms with Crippen molar-refractivity contribution in [3.8, 4) is 0 Å². The molecule has 3 N–H and O–H groups in total. The van der Waals surface area contributed by atoms with E-state index in [1.165, 1.54) is 18.3 Å². The number of thiazole rings is 1. The highest BCUT2D eigenvalue weighted by Crippen LogP contribution is 2.28. The molecule has 3 amide bonds. The third-order valence-corrected chi connectivity index (χ3v) is 4.65. The van der Waals surface area contributed by atoms with Crippen molar-refractivity contribution in [1.29, 1.82) is 0 Å². The van der Waals surface area contributed by atoms with Gasteiger partial charge >= 0.3 is 0 Å². The summed E-state index contributed by atoms with van der Waals surface area (Å²) in [5.74, 6) is -0.835. The minimum absolute atomic E-state index is 0.157. The Morgan fingerprint density at radius 2 is 1.78 bits per heavy atom. The highest BCUT2D eigenvalue weighted by atomic mass is 32.1. The minimum atomic E-state index is -0.723. The van der Waals surface area contributed by atoms with E-state index in [0.717, 1.165) is 4.70 Å². The molecular weight excluding hydrogens is 364 g/mol. The van der Waals surface area contributed by atoms with Crippen LogP contribution < -0.4 is 16.0 Å². The van der Waals surface area contributed by atoms with Crippen molar-refractivity contribution in [2.75, 3.05) is 10.6 Å². The minimum Gasteiger partial charge on any atom is -0.341 e. The smallest absolute Gasteiger partial charge is 0.251 e. The maximum Gasteiger partial charge on any atom is 0.251 e. The Hall–Kier alpha value is -3.26. The monoisotopic (exact) mass is 382 g/mol. The molecule has 8 heteroatoms. The van der Waals surface area contributed by atoms with E-state index in [1.807, 2.05) is 6.07 Å². The summed E-state index contributed by atoms with van der Waals surface area (Å²) in [7, 11) is 0. The molecule has 138 valence electrons. The van der Waals surface area contributed by atoms with Gasteiger partial charge in [0.1, 0.15) is 6.04 Å². The van der Waals surface area contributed by atoms with Gasteiger partial charge in [0.2, 0.25) is 11.8 Å². The Morgan fingerprint density at radius 3 is 2.48 bits per heavy atom. The van der Waals surface area contributed by atoms with Crippen molar-refractivity contribution in [1.82, 2.24) is 10.3 Å². The zero-order chi connectivity index (χ0) is 19.4. The van der Waals surface area contributed by atoms with Crippen LogP contribution in [0.1, 0.15) is 24.2 Å². The predicted molar refractivity (Wildman–Crippen MR) is 106 cm³/mol. The fourth-order valence-corrected chi connectivity index (χ4v) is 3.32. The molecule has 27 heavy (non-hydrogen) atoms. The largest absolute Gasteiger partial charge is 0.341 e. The molecule has 0 aliphatic heterocycles. The molecule has 1 aromatic heterocycles. The molecular formula is C19H18N4O3S. The molecule has 0 aliphatic rings. The van der Waals surface area contributed by atoms with Crippen LogP contribution >= 0.6 is 11.3 Å². The molecule has 0 aliphatic carbocycles. The molecule has 3 aromatic rings. The van der Waals surface area contributed by atoms with E-state index < -0.39 is 6.04 Å². The van der Waals surface area contributed by atoms with Gasteiger partial charge in [-0.3, -0.25) is 14.4 Å². The van der Waals surface area contributed by atoms with Gasteiger partial charge in [-0.2, -0.15) is 0 Å². The van der Waals surface area contributed by atoms with E-state index in [4.69, 9.17) is 0 Å². The Balaban J connectivity index is 1.66. The van der Waals surface area contributed by atoms with Gasteiger partial charge in [-0.1, -0.05) is 29.5 Å². The molecule has 1 unspecified atom stereocenters. The zero-order valence-electron chi connectivity index (χ0n) is 14.8. The van der Waals surface area contributed by atoms with Gasteiger partial charge in [0, 0.05) is 18.2 Å². The van der Waals surface area contributed by atoms with Crippen molar-refractivity contribution >= 4 is 50.1 Å². The SMILES string of the molecule is CC(=O)Nc1ccc2nc(NC(=O)C(C)NC(=O)c3ccccc3)sc2c1. The van der Waals surface area contributed by atoms with Gasteiger partial charge in [0.05, 0.1) is 10.2 Å². The first-order valence-corrected chi connectivity index (χ1v) is 9.09. The zero-order valence-corrected chi connectivity index (χ0v) is 15.6. The predicted octanol–water partition coefficient (Wildman–Crippen LogP) is 3.01. The van der Waals surface area contributed by atoms with Crippen LogP contribution in [0.2, 0.25) is 0 Å². The Morgan fingerprint density at radius 1 is 1.04 bits per heavy atom. The lowest BCUT2D eigenvalue weighted by Crippen LogP contribution is -2.41. The topological polar surface area (TPSA) is 100 Å². The fraction of sp³-hybridized carbons (Fsp3) is 0.158. The maximum absolute atomic E-state index is 12.4. The first kappa shape index (κ1) is 18.5. The second-order valence-corrected chi connectivity index (χ2v) is 6.96. The molecule has 0 radical (unpaired) electrons. The molecule has 3 rings (SSSR count). The lowest BCUT2D eigenvalue weighted by Gasteiger charge is -2.12. The highest BCUT2D eigenvalue weighted by Gasteiger charge is 2.18. The molecule has 7 nitrogen and oxygen atoms in total. The van der Waals surface area contributed by atoms with Gasteiger partial charge in [-0.05, 0) is 37.3 Å². The number of rotatable bonds is 5. The van der Waals surface area contributed by atoms with Crippen LogP contribution in [0.25, 0.3) is 10.2 Å². The van der Waals surface area contributed by atoms with Crippen LogP contribution in [0.15, 0.2) is 48.5 Å². The van der Waals surface area contributed by atoms with Gasteiger partial charge in [-0.15, -0.1) is 0 Å². The average Bonchev–Trinajstić information content (AvgIpc) is 3.03. The van der Waals surface area contributed by atoms with Crippen molar-refractivity contribution in [2.24, 2.45) is 0 Å². The standard InChI is InChI=1S/C19H18N4O3S/c1-11(20-18(26)13-6-4-3-5-7-13)17(25)23-19-22-15-9-8-14(21-12(2)24)10-16(15)27-19/h3-11H,1-2H3,(H,20,26)(H,21,24)(H,22,23,25). The van der Waals surface area contributed by atoms with Gasteiger partial charge in [0.25, 0.3) is 5.91 Å². The van der Waals surface area contributed by atoms with Gasteiger partial charge < -0.3 is 16.0 Å². The van der Waals surface area contributed by atoms with Crippen molar-refractivity contribution in [3.05, 3.63) is 54.1 Å². The Kier molecular flexibility index (Phi) is 5.46. The molecule has 0 saturated carbocycles. The quantitative estimate of drug-likeness (QED) is 0.631. The number of carbonyl (C=O) groups is 3. The number of hydrogen-bond donors (Lipinski definition) is 3. The summed E-state index contributed by atoms with van der Waals surface area (Å²) in [6.07, 6.45) is 0. The highest BCUT2D eigenvalue weighted by molar-refractivity contribution is 7.22. The number of amides is 3. The van der Waals surface area contributed by atoms with Crippen LogP contribution in [-0.4, -0.2) is 28.7 Å². The second-order valence-electron chi connectivity index (χ2n) is 5.93. The first-order valence-electron chi connectivity index (χ1n) is 8.27. The van der Waals surface area contributed by atoms with Crippen molar-refractivity contribution < 1.29 is 14.4 Å².